The Morgan fingerprint density at radius 1 is 1.42 bits per heavy atom. The van der Waals surface area contributed by atoms with Gasteiger partial charge >= 0.3 is 0 Å². The van der Waals surface area contributed by atoms with Crippen LogP contribution in [0.15, 0.2) is 29.1 Å². The highest BCUT2D eigenvalue weighted by atomic mass is 35.5. The van der Waals surface area contributed by atoms with Gasteiger partial charge in [-0.15, -0.1) is 12.4 Å². The second-order valence-corrected chi connectivity index (χ2v) is 5.10. The number of aromatic nitrogens is 1. The fourth-order valence-corrected chi connectivity index (χ4v) is 2.80. The second-order valence-electron chi connectivity index (χ2n) is 5.10. The molecule has 2 N–H and O–H groups in total. The molecule has 3 rings (SSSR count). The summed E-state index contributed by atoms with van der Waals surface area (Å²) in [5.41, 5.74) is 9.39. The maximum atomic E-state index is 12.4. The monoisotopic (exact) mass is 278 g/mol. The van der Waals surface area contributed by atoms with Crippen molar-refractivity contribution < 1.29 is 0 Å². The first kappa shape index (κ1) is 14.1. The zero-order valence-corrected chi connectivity index (χ0v) is 11.9. The zero-order valence-electron chi connectivity index (χ0n) is 11.1. The minimum Gasteiger partial charge on any atom is -0.327 e. The van der Waals surface area contributed by atoms with Crippen LogP contribution in [0.1, 0.15) is 24.5 Å². The number of hydrogen-bond acceptors (Lipinski definition) is 2. The Kier molecular flexibility index (Phi) is 3.97. The molecule has 1 aromatic carbocycles. The topological polar surface area (TPSA) is 48.0 Å². The summed E-state index contributed by atoms with van der Waals surface area (Å²) in [6.45, 7) is 2.87. The van der Waals surface area contributed by atoms with Gasteiger partial charge < -0.3 is 10.3 Å². The van der Waals surface area contributed by atoms with Crippen molar-refractivity contribution in [2.45, 2.75) is 38.8 Å². The summed E-state index contributed by atoms with van der Waals surface area (Å²) in [4.78, 5) is 12.4. The lowest BCUT2D eigenvalue weighted by atomic mass is 10.0. The molecule has 0 aliphatic carbocycles. The van der Waals surface area contributed by atoms with Crippen molar-refractivity contribution in [3.63, 3.8) is 0 Å². The third kappa shape index (κ3) is 2.28. The number of benzene rings is 1. The minimum absolute atomic E-state index is 0. The van der Waals surface area contributed by atoms with E-state index in [1.54, 1.807) is 0 Å². The van der Waals surface area contributed by atoms with Crippen molar-refractivity contribution in [1.82, 2.24) is 4.57 Å². The Bertz CT molecular complexity index is 663. The molecule has 0 radical (unpaired) electrons. The molecule has 102 valence electrons. The molecule has 1 aromatic heterocycles. The molecular weight excluding hydrogens is 260 g/mol. The zero-order chi connectivity index (χ0) is 12.7. The lowest BCUT2D eigenvalue weighted by Gasteiger charge is -2.11. The molecule has 1 aliphatic rings. The highest BCUT2D eigenvalue weighted by Gasteiger charge is 2.18. The van der Waals surface area contributed by atoms with E-state index in [9.17, 15) is 4.79 Å². The lowest BCUT2D eigenvalue weighted by molar-refractivity contribution is 0.634. The predicted molar refractivity (Wildman–Crippen MR) is 81.1 cm³/mol. The quantitative estimate of drug-likeness (QED) is 0.936. The van der Waals surface area contributed by atoms with Gasteiger partial charge in [-0.3, -0.25) is 4.79 Å². The number of aryl methyl sites for hydroxylation is 2. The van der Waals surface area contributed by atoms with Crippen molar-refractivity contribution in [2.24, 2.45) is 5.73 Å². The largest absolute Gasteiger partial charge is 0.327 e. The van der Waals surface area contributed by atoms with Crippen molar-refractivity contribution in [3.05, 3.63) is 45.7 Å². The normalized spacial score (nSPS) is 14.4. The molecule has 0 amide bonds. The maximum Gasteiger partial charge on any atom is 0.254 e. The van der Waals surface area contributed by atoms with Gasteiger partial charge in [-0.2, -0.15) is 0 Å². The molecule has 4 heteroatoms. The van der Waals surface area contributed by atoms with Crippen LogP contribution >= 0.6 is 12.4 Å². The van der Waals surface area contributed by atoms with Gasteiger partial charge in [-0.1, -0.05) is 25.1 Å². The average Bonchev–Trinajstić information content (AvgIpc) is 2.81. The molecule has 3 nitrogen and oxygen atoms in total. The number of halogens is 1. The third-order valence-corrected chi connectivity index (χ3v) is 3.88. The summed E-state index contributed by atoms with van der Waals surface area (Å²) in [5.74, 6) is 0. The Morgan fingerprint density at radius 2 is 2.21 bits per heavy atom. The van der Waals surface area contributed by atoms with E-state index in [-0.39, 0.29) is 24.0 Å². The number of pyridine rings is 1. The van der Waals surface area contributed by atoms with E-state index in [2.05, 4.69) is 25.1 Å². The van der Waals surface area contributed by atoms with Crippen molar-refractivity contribution >= 4 is 23.3 Å². The number of nitrogens with two attached hydrogens (primary N) is 1. The van der Waals surface area contributed by atoms with E-state index in [0.717, 1.165) is 30.5 Å². The first-order valence-corrected chi connectivity index (χ1v) is 6.60. The summed E-state index contributed by atoms with van der Waals surface area (Å²) in [5, 5.41) is 1.17. The molecule has 1 atom stereocenters. The highest BCUT2D eigenvalue weighted by molar-refractivity contribution is 5.85. The van der Waals surface area contributed by atoms with Crippen LogP contribution in [-0.4, -0.2) is 10.6 Å². The molecule has 0 fully saturated rings. The van der Waals surface area contributed by atoms with E-state index in [1.807, 2.05) is 10.6 Å². The van der Waals surface area contributed by atoms with Crippen LogP contribution in [-0.2, 0) is 19.4 Å². The number of rotatable bonds is 3. The van der Waals surface area contributed by atoms with Crippen LogP contribution in [0.25, 0.3) is 10.9 Å². The number of hydrogen-bond donors (Lipinski definition) is 1. The Hall–Kier alpha value is -1.32. The van der Waals surface area contributed by atoms with Crippen LogP contribution in [0.5, 0.6) is 0 Å². The molecule has 2 heterocycles. The van der Waals surface area contributed by atoms with Gasteiger partial charge in [-0.05, 0) is 36.3 Å². The van der Waals surface area contributed by atoms with Gasteiger partial charge in [0.2, 0.25) is 0 Å². The van der Waals surface area contributed by atoms with E-state index in [0.29, 0.717) is 6.42 Å². The molecule has 0 saturated carbocycles. The van der Waals surface area contributed by atoms with Gasteiger partial charge in [0, 0.05) is 18.2 Å². The summed E-state index contributed by atoms with van der Waals surface area (Å²) < 4.78 is 1.92. The smallest absolute Gasteiger partial charge is 0.254 e. The minimum atomic E-state index is 0. The third-order valence-electron chi connectivity index (χ3n) is 3.88. The SMILES string of the molecule is CCC(N)Cc1cc2cccc3c2n(c1=O)CC3.Cl. The van der Waals surface area contributed by atoms with Gasteiger partial charge in [0.25, 0.3) is 5.56 Å². The van der Waals surface area contributed by atoms with Crippen LogP contribution < -0.4 is 11.3 Å². The molecular formula is C15H19ClN2O. The summed E-state index contributed by atoms with van der Waals surface area (Å²) >= 11 is 0. The highest BCUT2D eigenvalue weighted by Crippen LogP contribution is 2.24. The van der Waals surface area contributed by atoms with Crippen molar-refractivity contribution in [2.75, 3.05) is 0 Å². The standard InChI is InChI=1S/C15H18N2O.ClH/c1-2-13(16)9-12-8-11-5-3-4-10-6-7-17(14(10)11)15(12)18;/h3-5,8,13H,2,6-7,9,16H2,1H3;1H. The molecule has 0 bridgehead atoms. The summed E-state index contributed by atoms with van der Waals surface area (Å²) in [6, 6.07) is 8.37. The molecule has 0 saturated heterocycles. The van der Waals surface area contributed by atoms with E-state index < -0.39 is 0 Å². The van der Waals surface area contributed by atoms with E-state index in [4.69, 9.17) is 5.73 Å². The van der Waals surface area contributed by atoms with E-state index in [1.165, 1.54) is 10.9 Å². The Morgan fingerprint density at radius 3 is 2.95 bits per heavy atom. The van der Waals surface area contributed by atoms with Gasteiger partial charge in [0.15, 0.2) is 0 Å². The number of nitrogens with zero attached hydrogens (tertiary/aromatic N) is 1. The van der Waals surface area contributed by atoms with Crippen molar-refractivity contribution in [1.29, 1.82) is 0 Å². The van der Waals surface area contributed by atoms with Gasteiger partial charge in [0.05, 0.1) is 5.52 Å². The van der Waals surface area contributed by atoms with Crippen LogP contribution in [0, 0.1) is 0 Å². The van der Waals surface area contributed by atoms with E-state index >= 15 is 0 Å². The molecule has 0 spiro atoms. The molecule has 2 aromatic rings. The summed E-state index contributed by atoms with van der Waals surface area (Å²) in [7, 11) is 0. The average molecular weight is 279 g/mol. The predicted octanol–water partition coefficient (Wildman–Crippen LogP) is 2.26. The second kappa shape index (κ2) is 5.35. The van der Waals surface area contributed by atoms with Gasteiger partial charge in [0.1, 0.15) is 0 Å². The fraction of sp³-hybridized carbons (Fsp3) is 0.400. The first-order chi connectivity index (χ1) is 8.70. The van der Waals surface area contributed by atoms with Crippen LogP contribution in [0.3, 0.4) is 0 Å². The van der Waals surface area contributed by atoms with Gasteiger partial charge in [-0.25, -0.2) is 0 Å². The first-order valence-electron chi connectivity index (χ1n) is 6.60. The Labute approximate surface area is 118 Å². The molecule has 1 aliphatic heterocycles. The molecule has 19 heavy (non-hydrogen) atoms. The van der Waals surface area contributed by atoms with Crippen molar-refractivity contribution in [3.8, 4) is 0 Å². The maximum absolute atomic E-state index is 12.4. The summed E-state index contributed by atoms with van der Waals surface area (Å²) in [6.07, 6.45) is 2.54. The lowest BCUT2D eigenvalue weighted by Crippen LogP contribution is -2.29. The Balaban J connectivity index is 0.00000133. The van der Waals surface area contributed by atoms with Crippen LogP contribution in [0.4, 0.5) is 0 Å². The van der Waals surface area contributed by atoms with Crippen LogP contribution in [0.2, 0.25) is 0 Å². The fourth-order valence-electron chi connectivity index (χ4n) is 2.80. The number of para-hydroxylation sites is 1. The molecule has 1 unspecified atom stereocenters.